The van der Waals surface area contributed by atoms with Crippen LogP contribution in [0.25, 0.3) is 0 Å². The Balaban J connectivity index is 1.81. The number of amides is 1. The second kappa shape index (κ2) is 6.48. The monoisotopic (exact) mass is 343 g/mol. The maximum absolute atomic E-state index is 12.9. The molecule has 0 spiro atoms. The Bertz CT molecular complexity index is 764. The number of rotatable bonds is 3. The zero-order chi connectivity index (χ0) is 17.4. The van der Waals surface area contributed by atoms with Crippen LogP contribution in [-0.2, 0) is 11.2 Å². The van der Waals surface area contributed by atoms with Crippen molar-refractivity contribution >= 4 is 23.2 Å². The number of ether oxygens (including phenoxy) is 1. The van der Waals surface area contributed by atoms with E-state index >= 15 is 0 Å². The summed E-state index contributed by atoms with van der Waals surface area (Å²) in [4.78, 5) is 14.8. The number of fused-ring (bicyclic) bond motifs is 1. The first kappa shape index (κ1) is 16.8. The molecule has 3 rings (SSSR count). The predicted molar refractivity (Wildman–Crippen MR) is 98.1 cm³/mol. The third-order valence-corrected chi connectivity index (χ3v) is 5.11. The van der Waals surface area contributed by atoms with Crippen molar-refractivity contribution in [2.75, 3.05) is 4.90 Å². The number of halogens is 1. The molecule has 1 aliphatic heterocycles. The van der Waals surface area contributed by atoms with Crippen LogP contribution in [0.15, 0.2) is 36.4 Å². The van der Waals surface area contributed by atoms with Gasteiger partial charge in [0.2, 0.25) is 0 Å². The summed E-state index contributed by atoms with van der Waals surface area (Å²) in [6.45, 7) is 7.75. The quantitative estimate of drug-likeness (QED) is 0.808. The van der Waals surface area contributed by atoms with E-state index in [4.69, 9.17) is 16.3 Å². The molecule has 0 bridgehead atoms. The summed E-state index contributed by atoms with van der Waals surface area (Å²) in [7, 11) is 0. The highest BCUT2D eigenvalue weighted by Gasteiger charge is 2.33. The van der Waals surface area contributed by atoms with Crippen molar-refractivity contribution in [3.63, 3.8) is 0 Å². The molecule has 0 aliphatic carbocycles. The Morgan fingerprint density at radius 1 is 1.25 bits per heavy atom. The van der Waals surface area contributed by atoms with Crippen LogP contribution in [0.5, 0.6) is 5.75 Å². The number of hydrogen-bond donors (Lipinski definition) is 0. The molecule has 1 heterocycles. The number of hydrogen-bond acceptors (Lipinski definition) is 2. The highest BCUT2D eigenvalue weighted by Crippen LogP contribution is 2.33. The van der Waals surface area contributed by atoms with Gasteiger partial charge >= 0.3 is 0 Å². The van der Waals surface area contributed by atoms with Crippen LogP contribution in [0.1, 0.15) is 30.5 Å². The minimum absolute atomic E-state index is 0.0160. The summed E-state index contributed by atoms with van der Waals surface area (Å²) in [5.74, 6) is 0.660. The lowest BCUT2D eigenvalue weighted by molar-refractivity contribution is -0.124. The average molecular weight is 344 g/mol. The summed E-state index contributed by atoms with van der Waals surface area (Å²) < 4.78 is 5.92. The predicted octanol–water partition coefficient (Wildman–Crippen LogP) is 4.70. The lowest BCUT2D eigenvalue weighted by Gasteiger charge is -2.26. The first-order valence-electron chi connectivity index (χ1n) is 8.23. The number of aryl methyl sites for hydroxylation is 2. The van der Waals surface area contributed by atoms with Crippen LogP contribution in [0.4, 0.5) is 5.69 Å². The molecule has 2 unspecified atom stereocenters. The van der Waals surface area contributed by atoms with Gasteiger partial charge in [-0.25, -0.2) is 0 Å². The van der Waals surface area contributed by atoms with Crippen molar-refractivity contribution in [1.29, 1.82) is 0 Å². The molecule has 0 saturated carbocycles. The summed E-state index contributed by atoms with van der Waals surface area (Å²) in [5, 5.41) is 0.739. The molecule has 2 aromatic rings. The lowest BCUT2D eigenvalue weighted by Crippen LogP contribution is -2.43. The second-order valence-electron chi connectivity index (χ2n) is 6.52. The highest BCUT2D eigenvalue weighted by molar-refractivity contribution is 6.32. The SMILES string of the molecule is Cc1cc(OC(C)C(=O)N2c3ccccc3CC2C)cc(C)c1Cl. The lowest BCUT2D eigenvalue weighted by atomic mass is 10.1. The van der Waals surface area contributed by atoms with E-state index in [-0.39, 0.29) is 11.9 Å². The molecule has 4 heteroatoms. The number of benzene rings is 2. The highest BCUT2D eigenvalue weighted by atomic mass is 35.5. The second-order valence-corrected chi connectivity index (χ2v) is 6.90. The Morgan fingerprint density at radius 3 is 2.54 bits per heavy atom. The van der Waals surface area contributed by atoms with Gasteiger partial charge in [0.25, 0.3) is 5.91 Å². The van der Waals surface area contributed by atoms with Crippen molar-refractivity contribution in [3.8, 4) is 5.75 Å². The molecule has 2 atom stereocenters. The Morgan fingerprint density at radius 2 is 1.88 bits per heavy atom. The van der Waals surface area contributed by atoms with Crippen LogP contribution < -0.4 is 9.64 Å². The zero-order valence-electron chi connectivity index (χ0n) is 14.5. The third kappa shape index (κ3) is 3.01. The Kier molecular flexibility index (Phi) is 4.55. The topological polar surface area (TPSA) is 29.5 Å². The van der Waals surface area contributed by atoms with Crippen molar-refractivity contribution in [2.24, 2.45) is 0 Å². The maximum Gasteiger partial charge on any atom is 0.268 e. The van der Waals surface area contributed by atoms with Gasteiger partial charge in [-0.1, -0.05) is 29.8 Å². The third-order valence-electron chi connectivity index (χ3n) is 4.52. The van der Waals surface area contributed by atoms with Gasteiger partial charge in [0.05, 0.1) is 0 Å². The van der Waals surface area contributed by atoms with Crippen molar-refractivity contribution in [3.05, 3.63) is 58.1 Å². The standard InChI is InChI=1S/C20H22ClNO2/c1-12-9-17(10-13(2)19(12)21)24-15(4)20(23)22-14(3)11-16-7-5-6-8-18(16)22/h5-10,14-15H,11H2,1-4H3. The van der Waals surface area contributed by atoms with E-state index in [0.717, 1.165) is 28.3 Å². The molecule has 2 aromatic carbocycles. The van der Waals surface area contributed by atoms with Gasteiger partial charge in [0.15, 0.2) is 6.10 Å². The number of nitrogens with zero attached hydrogens (tertiary/aromatic N) is 1. The summed E-state index contributed by atoms with van der Waals surface area (Å²) in [6.07, 6.45) is 0.326. The van der Waals surface area contributed by atoms with Gasteiger partial charge in [-0.3, -0.25) is 4.79 Å². The van der Waals surface area contributed by atoms with Crippen molar-refractivity contribution in [1.82, 2.24) is 0 Å². The van der Waals surface area contributed by atoms with Crippen LogP contribution >= 0.6 is 11.6 Å². The van der Waals surface area contributed by atoms with Gasteiger partial charge in [-0.2, -0.15) is 0 Å². The normalized spacial score (nSPS) is 17.5. The molecular weight excluding hydrogens is 322 g/mol. The van der Waals surface area contributed by atoms with Crippen molar-refractivity contribution < 1.29 is 9.53 Å². The fourth-order valence-electron chi connectivity index (χ4n) is 3.33. The summed E-state index contributed by atoms with van der Waals surface area (Å²) >= 11 is 6.20. The minimum Gasteiger partial charge on any atom is -0.481 e. The fraction of sp³-hybridized carbons (Fsp3) is 0.350. The Labute approximate surface area is 148 Å². The van der Waals surface area contributed by atoms with E-state index in [9.17, 15) is 4.79 Å². The molecule has 24 heavy (non-hydrogen) atoms. The molecular formula is C20H22ClNO2. The van der Waals surface area contributed by atoms with E-state index in [1.54, 1.807) is 6.92 Å². The van der Waals surface area contributed by atoms with E-state index in [1.807, 2.05) is 49.1 Å². The van der Waals surface area contributed by atoms with Crippen LogP contribution in [0, 0.1) is 13.8 Å². The number of carbonyl (C=O) groups excluding carboxylic acids is 1. The smallest absolute Gasteiger partial charge is 0.268 e. The number of para-hydroxylation sites is 1. The Hall–Kier alpha value is -2.00. The number of carbonyl (C=O) groups is 1. The molecule has 0 aromatic heterocycles. The van der Waals surface area contributed by atoms with Gasteiger partial charge in [-0.15, -0.1) is 0 Å². The number of anilines is 1. The van der Waals surface area contributed by atoms with Crippen LogP contribution in [0.2, 0.25) is 5.02 Å². The van der Waals surface area contributed by atoms with Crippen LogP contribution in [0.3, 0.4) is 0 Å². The molecule has 1 aliphatic rings. The van der Waals surface area contributed by atoms with E-state index < -0.39 is 6.10 Å². The summed E-state index contributed by atoms with van der Waals surface area (Å²) in [6, 6.07) is 12.0. The molecule has 126 valence electrons. The summed E-state index contributed by atoms with van der Waals surface area (Å²) in [5.41, 5.74) is 4.11. The molecule has 3 nitrogen and oxygen atoms in total. The first-order chi connectivity index (χ1) is 11.4. The minimum atomic E-state index is -0.557. The molecule has 0 fully saturated rings. The zero-order valence-corrected chi connectivity index (χ0v) is 15.2. The van der Waals surface area contributed by atoms with Gasteiger partial charge < -0.3 is 9.64 Å². The first-order valence-corrected chi connectivity index (χ1v) is 8.60. The molecule has 0 N–H and O–H groups in total. The van der Waals surface area contributed by atoms with Crippen LogP contribution in [-0.4, -0.2) is 18.1 Å². The van der Waals surface area contributed by atoms with E-state index in [2.05, 4.69) is 13.0 Å². The van der Waals surface area contributed by atoms with Gasteiger partial charge in [-0.05, 0) is 69.0 Å². The fourth-order valence-corrected chi connectivity index (χ4v) is 3.44. The van der Waals surface area contributed by atoms with Crippen molar-refractivity contribution in [2.45, 2.75) is 46.3 Å². The van der Waals surface area contributed by atoms with Gasteiger partial charge in [0.1, 0.15) is 5.75 Å². The van der Waals surface area contributed by atoms with E-state index in [1.165, 1.54) is 5.56 Å². The maximum atomic E-state index is 12.9. The molecule has 0 radical (unpaired) electrons. The molecule has 0 saturated heterocycles. The van der Waals surface area contributed by atoms with Gasteiger partial charge in [0, 0.05) is 16.8 Å². The average Bonchev–Trinajstić information content (AvgIpc) is 2.87. The van der Waals surface area contributed by atoms with E-state index in [0.29, 0.717) is 5.75 Å². The largest absolute Gasteiger partial charge is 0.481 e. The molecule has 1 amide bonds.